The highest BCUT2D eigenvalue weighted by atomic mass is 35.5. The first-order valence-electron chi connectivity index (χ1n) is 8.62. The molecule has 0 bridgehead atoms. The van der Waals surface area contributed by atoms with Gasteiger partial charge in [0.25, 0.3) is 5.91 Å². The van der Waals surface area contributed by atoms with Crippen LogP contribution >= 0.6 is 23.2 Å². The van der Waals surface area contributed by atoms with E-state index in [0.717, 1.165) is 5.56 Å². The zero-order chi connectivity index (χ0) is 19.9. The molecule has 1 aromatic heterocycles. The number of benzene rings is 2. The van der Waals surface area contributed by atoms with E-state index in [0.29, 0.717) is 28.0 Å². The van der Waals surface area contributed by atoms with Crippen LogP contribution in [0.5, 0.6) is 0 Å². The van der Waals surface area contributed by atoms with Gasteiger partial charge < -0.3 is 10.6 Å². The smallest absolute Gasteiger partial charge is 0.251 e. The van der Waals surface area contributed by atoms with Crippen molar-refractivity contribution in [1.82, 2.24) is 15.1 Å². The van der Waals surface area contributed by atoms with Gasteiger partial charge >= 0.3 is 0 Å². The third kappa shape index (κ3) is 5.12. The second-order valence-corrected chi connectivity index (χ2v) is 6.79. The average molecular weight is 417 g/mol. The highest BCUT2D eigenvalue weighted by molar-refractivity contribution is 6.42. The molecular formula is C20H18Cl2N4O2. The lowest BCUT2D eigenvalue weighted by atomic mass is 10.2. The number of halogens is 2. The Morgan fingerprint density at radius 3 is 2.57 bits per heavy atom. The number of nitrogens with one attached hydrogen (secondary N) is 2. The molecule has 2 aromatic carbocycles. The monoisotopic (exact) mass is 416 g/mol. The van der Waals surface area contributed by atoms with Crippen molar-refractivity contribution in [1.29, 1.82) is 0 Å². The first-order valence-corrected chi connectivity index (χ1v) is 9.38. The van der Waals surface area contributed by atoms with Gasteiger partial charge in [0.2, 0.25) is 5.91 Å². The highest BCUT2D eigenvalue weighted by Gasteiger charge is 2.11. The standard InChI is InChI=1S/C20H18Cl2N4O2/c21-16-8-4-7-15(19(16)22)13-26-17(9-12-24-26)25-18(27)10-11-23-20(28)14-5-2-1-3-6-14/h1-9,12H,10-11,13H2,(H,23,28)(H,25,27). The van der Waals surface area contributed by atoms with E-state index in [-0.39, 0.29) is 24.8 Å². The Bertz CT molecular complexity index is 973. The van der Waals surface area contributed by atoms with E-state index in [1.54, 1.807) is 53.3 Å². The molecule has 144 valence electrons. The first-order chi connectivity index (χ1) is 13.5. The lowest BCUT2D eigenvalue weighted by molar-refractivity contribution is -0.116. The van der Waals surface area contributed by atoms with Gasteiger partial charge in [0.05, 0.1) is 22.8 Å². The summed E-state index contributed by atoms with van der Waals surface area (Å²) in [6, 6.07) is 15.9. The largest absolute Gasteiger partial charge is 0.352 e. The second kappa shape index (κ2) is 9.39. The Labute approximate surface area is 172 Å². The average Bonchev–Trinajstić information content (AvgIpc) is 3.12. The Morgan fingerprint density at radius 2 is 1.79 bits per heavy atom. The molecule has 0 aliphatic carbocycles. The van der Waals surface area contributed by atoms with Crippen LogP contribution in [-0.2, 0) is 11.3 Å². The number of amides is 2. The minimum Gasteiger partial charge on any atom is -0.352 e. The lowest BCUT2D eigenvalue weighted by Crippen LogP contribution is -2.28. The van der Waals surface area contributed by atoms with Crippen LogP contribution in [0.15, 0.2) is 60.8 Å². The molecule has 2 N–H and O–H groups in total. The zero-order valence-corrected chi connectivity index (χ0v) is 16.4. The van der Waals surface area contributed by atoms with Gasteiger partial charge in [0.1, 0.15) is 5.82 Å². The van der Waals surface area contributed by atoms with Crippen molar-refractivity contribution < 1.29 is 9.59 Å². The molecule has 0 radical (unpaired) electrons. The van der Waals surface area contributed by atoms with Crippen LogP contribution in [0.1, 0.15) is 22.3 Å². The molecule has 0 saturated carbocycles. The van der Waals surface area contributed by atoms with Crippen molar-refractivity contribution >= 4 is 40.8 Å². The molecule has 0 atom stereocenters. The fourth-order valence-electron chi connectivity index (χ4n) is 2.58. The van der Waals surface area contributed by atoms with Gasteiger partial charge in [-0.05, 0) is 23.8 Å². The molecule has 1 heterocycles. The number of carbonyl (C=O) groups excluding carboxylic acids is 2. The van der Waals surface area contributed by atoms with Crippen molar-refractivity contribution in [3.63, 3.8) is 0 Å². The quantitative estimate of drug-likeness (QED) is 0.610. The maximum absolute atomic E-state index is 12.2. The van der Waals surface area contributed by atoms with Gasteiger partial charge in [0.15, 0.2) is 0 Å². The molecule has 2 amide bonds. The Kier molecular flexibility index (Phi) is 6.68. The van der Waals surface area contributed by atoms with Gasteiger partial charge in [-0.15, -0.1) is 0 Å². The molecule has 3 aromatic rings. The van der Waals surface area contributed by atoms with Crippen LogP contribution in [0, 0.1) is 0 Å². The van der Waals surface area contributed by atoms with Crippen LogP contribution in [-0.4, -0.2) is 28.1 Å². The van der Waals surface area contributed by atoms with Crippen LogP contribution in [0.3, 0.4) is 0 Å². The maximum atomic E-state index is 12.2. The van der Waals surface area contributed by atoms with E-state index in [1.807, 2.05) is 12.1 Å². The van der Waals surface area contributed by atoms with E-state index in [2.05, 4.69) is 15.7 Å². The summed E-state index contributed by atoms with van der Waals surface area (Å²) in [7, 11) is 0. The number of hydrogen-bond acceptors (Lipinski definition) is 3. The summed E-state index contributed by atoms with van der Waals surface area (Å²) in [6.45, 7) is 0.598. The van der Waals surface area contributed by atoms with Gasteiger partial charge in [-0.2, -0.15) is 5.10 Å². The van der Waals surface area contributed by atoms with Crippen molar-refractivity contribution in [2.45, 2.75) is 13.0 Å². The third-order valence-electron chi connectivity index (χ3n) is 4.01. The van der Waals surface area contributed by atoms with E-state index < -0.39 is 0 Å². The third-order valence-corrected chi connectivity index (χ3v) is 4.87. The van der Waals surface area contributed by atoms with Crippen molar-refractivity contribution in [2.75, 3.05) is 11.9 Å². The molecule has 0 saturated heterocycles. The Balaban J connectivity index is 1.53. The van der Waals surface area contributed by atoms with Crippen molar-refractivity contribution in [3.8, 4) is 0 Å². The van der Waals surface area contributed by atoms with Crippen LogP contribution in [0.2, 0.25) is 10.0 Å². The molecule has 0 aliphatic rings. The van der Waals surface area contributed by atoms with E-state index in [4.69, 9.17) is 23.2 Å². The lowest BCUT2D eigenvalue weighted by Gasteiger charge is -2.11. The van der Waals surface area contributed by atoms with Gasteiger partial charge in [0, 0.05) is 24.6 Å². The molecular weight excluding hydrogens is 399 g/mol. The maximum Gasteiger partial charge on any atom is 0.251 e. The number of carbonyl (C=O) groups is 2. The Morgan fingerprint density at radius 1 is 1.00 bits per heavy atom. The Hall–Kier alpha value is -2.83. The second-order valence-electron chi connectivity index (χ2n) is 6.01. The summed E-state index contributed by atoms with van der Waals surface area (Å²) in [4.78, 5) is 24.2. The summed E-state index contributed by atoms with van der Waals surface area (Å²) in [5, 5.41) is 10.7. The van der Waals surface area contributed by atoms with Crippen LogP contribution in [0.4, 0.5) is 5.82 Å². The van der Waals surface area contributed by atoms with Gasteiger partial charge in [-0.1, -0.05) is 53.5 Å². The van der Waals surface area contributed by atoms with Crippen LogP contribution < -0.4 is 10.6 Å². The first kappa shape index (κ1) is 19.9. The molecule has 0 unspecified atom stereocenters. The minimum absolute atomic E-state index is 0.141. The molecule has 8 heteroatoms. The predicted molar refractivity (Wildman–Crippen MR) is 110 cm³/mol. The fourth-order valence-corrected chi connectivity index (χ4v) is 2.96. The summed E-state index contributed by atoms with van der Waals surface area (Å²) in [5.41, 5.74) is 1.35. The summed E-state index contributed by atoms with van der Waals surface area (Å²) >= 11 is 12.3. The molecule has 0 fully saturated rings. The highest BCUT2D eigenvalue weighted by Crippen LogP contribution is 2.26. The molecule has 3 rings (SSSR count). The number of hydrogen-bond donors (Lipinski definition) is 2. The predicted octanol–water partition coefficient (Wildman–Crippen LogP) is 4.00. The number of anilines is 1. The summed E-state index contributed by atoms with van der Waals surface area (Å²) in [5.74, 6) is 0.0942. The summed E-state index contributed by atoms with van der Waals surface area (Å²) < 4.78 is 1.62. The minimum atomic E-state index is -0.229. The molecule has 0 aliphatic heterocycles. The van der Waals surface area contributed by atoms with Crippen molar-refractivity contribution in [2.24, 2.45) is 0 Å². The summed E-state index contributed by atoms with van der Waals surface area (Å²) in [6.07, 6.45) is 1.73. The number of nitrogens with zero attached hydrogens (tertiary/aromatic N) is 2. The van der Waals surface area contributed by atoms with E-state index in [9.17, 15) is 9.59 Å². The molecule has 6 nitrogen and oxygen atoms in total. The van der Waals surface area contributed by atoms with Crippen LogP contribution in [0.25, 0.3) is 0 Å². The fraction of sp³-hybridized carbons (Fsp3) is 0.150. The topological polar surface area (TPSA) is 76.0 Å². The van der Waals surface area contributed by atoms with E-state index >= 15 is 0 Å². The molecule has 0 spiro atoms. The van der Waals surface area contributed by atoms with E-state index in [1.165, 1.54) is 0 Å². The molecule has 28 heavy (non-hydrogen) atoms. The normalized spacial score (nSPS) is 10.5. The van der Waals surface area contributed by atoms with Crippen molar-refractivity contribution in [3.05, 3.63) is 82.0 Å². The zero-order valence-electron chi connectivity index (χ0n) is 14.9. The number of rotatable bonds is 7. The van der Waals surface area contributed by atoms with Gasteiger partial charge in [-0.3, -0.25) is 9.59 Å². The number of aromatic nitrogens is 2. The SMILES string of the molecule is O=C(CCNC(=O)c1ccccc1)Nc1ccnn1Cc1cccc(Cl)c1Cl. The van der Waals surface area contributed by atoms with Gasteiger partial charge in [-0.25, -0.2) is 4.68 Å².